The van der Waals surface area contributed by atoms with Gasteiger partial charge in [0, 0.05) is 19.2 Å². The number of benzene rings is 1. The van der Waals surface area contributed by atoms with Crippen molar-refractivity contribution in [1.82, 2.24) is 20.2 Å². The summed E-state index contributed by atoms with van der Waals surface area (Å²) in [5.41, 5.74) is 4.62. The van der Waals surface area contributed by atoms with Crippen molar-refractivity contribution in [3.63, 3.8) is 0 Å². The molecule has 1 saturated heterocycles. The average Bonchev–Trinajstić information content (AvgIpc) is 3.17. The Morgan fingerprint density at radius 2 is 1.93 bits per heavy atom. The number of rotatable bonds is 4. The van der Waals surface area contributed by atoms with Crippen molar-refractivity contribution in [2.24, 2.45) is 5.92 Å². The van der Waals surface area contributed by atoms with Crippen molar-refractivity contribution in [2.75, 3.05) is 24.6 Å². The minimum atomic E-state index is 0.559. The SMILES string of the molecule is c1ccc2[nH]c(N3CCC(COc4cc5c(nn4)CCCC5)CC3)nc2c1. The average molecular weight is 363 g/mol. The normalized spacial score (nSPS) is 17.9. The van der Waals surface area contributed by atoms with Crippen LogP contribution in [0.5, 0.6) is 5.88 Å². The van der Waals surface area contributed by atoms with E-state index >= 15 is 0 Å². The summed E-state index contributed by atoms with van der Waals surface area (Å²) in [7, 11) is 0. The van der Waals surface area contributed by atoms with Crippen molar-refractivity contribution >= 4 is 17.0 Å². The Balaban J connectivity index is 1.16. The predicted molar refractivity (Wildman–Crippen MR) is 105 cm³/mol. The van der Waals surface area contributed by atoms with Gasteiger partial charge in [0.2, 0.25) is 11.8 Å². The molecule has 3 aromatic rings. The molecule has 3 heterocycles. The first-order chi connectivity index (χ1) is 13.3. The van der Waals surface area contributed by atoms with Crippen LogP contribution in [0.25, 0.3) is 11.0 Å². The van der Waals surface area contributed by atoms with Crippen LogP contribution in [0.4, 0.5) is 5.95 Å². The zero-order chi connectivity index (χ0) is 18.1. The molecule has 0 spiro atoms. The quantitative estimate of drug-likeness (QED) is 0.768. The summed E-state index contributed by atoms with van der Waals surface area (Å²) in [6, 6.07) is 10.3. The number of aromatic amines is 1. The fourth-order valence-electron chi connectivity index (χ4n) is 4.14. The number of aryl methyl sites for hydroxylation is 2. The molecule has 1 aliphatic heterocycles. The van der Waals surface area contributed by atoms with Crippen LogP contribution in [-0.4, -0.2) is 39.9 Å². The van der Waals surface area contributed by atoms with E-state index in [0.717, 1.165) is 68.1 Å². The van der Waals surface area contributed by atoms with Gasteiger partial charge in [0.25, 0.3) is 0 Å². The van der Waals surface area contributed by atoms with Gasteiger partial charge in [-0.05, 0) is 62.1 Å². The number of hydrogen-bond donors (Lipinski definition) is 1. The summed E-state index contributed by atoms with van der Waals surface area (Å²) < 4.78 is 5.98. The molecule has 0 amide bonds. The van der Waals surface area contributed by atoms with E-state index < -0.39 is 0 Å². The van der Waals surface area contributed by atoms with E-state index in [1.807, 2.05) is 12.1 Å². The fraction of sp³-hybridized carbons (Fsp3) is 0.476. The highest BCUT2D eigenvalue weighted by atomic mass is 16.5. The molecule has 2 aromatic heterocycles. The lowest BCUT2D eigenvalue weighted by molar-refractivity contribution is 0.213. The second-order valence-corrected chi connectivity index (χ2v) is 7.68. The molecule has 140 valence electrons. The van der Waals surface area contributed by atoms with Crippen LogP contribution in [-0.2, 0) is 12.8 Å². The van der Waals surface area contributed by atoms with Crippen molar-refractivity contribution in [3.8, 4) is 5.88 Å². The summed E-state index contributed by atoms with van der Waals surface area (Å²) in [5.74, 6) is 2.23. The minimum absolute atomic E-state index is 0.559. The summed E-state index contributed by atoms with van der Waals surface area (Å²) in [6.07, 6.45) is 6.86. The van der Waals surface area contributed by atoms with Gasteiger partial charge < -0.3 is 14.6 Å². The van der Waals surface area contributed by atoms with Crippen LogP contribution < -0.4 is 9.64 Å². The largest absolute Gasteiger partial charge is 0.476 e. The molecule has 0 bridgehead atoms. The summed E-state index contributed by atoms with van der Waals surface area (Å²) in [5, 5.41) is 8.63. The highest BCUT2D eigenvalue weighted by Gasteiger charge is 2.22. The summed E-state index contributed by atoms with van der Waals surface area (Å²) in [6.45, 7) is 2.73. The van der Waals surface area contributed by atoms with E-state index in [1.54, 1.807) is 0 Å². The minimum Gasteiger partial charge on any atom is -0.476 e. The molecule has 1 N–H and O–H groups in total. The van der Waals surface area contributed by atoms with Crippen LogP contribution in [0.1, 0.15) is 36.9 Å². The standard InChI is InChI=1S/C21H25N5O/c1-2-6-17-16(5-1)13-20(25-24-17)27-14-15-9-11-26(12-10-15)21-22-18-7-3-4-8-19(18)23-21/h3-4,7-8,13,15H,1-2,5-6,9-12,14H2,(H,22,23). The number of anilines is 1. The van der Waals surface area contributed by atoms with E-state index in [-0.39, 0.29) is 0 Å². The van der Waals surface area contributed by atoms with E-state index in [4.69, 9.17) is 9.72 Å². The third-order valence-corrected chi connectivity index (χ3v) is 5.81. The Morgan fingerprint density at radius 3 is 2.81 bits per heavy atom. The van der Waals surface area contributed by atoms with Gasteiger partial charge >= 0.3 is 0 Å². The number of imidazole rings is 1. The van der Waals surface area contributed by atoms with Gasteiger partial charge in [0.05, 0.1) is 23.3 Å². The molecule has 1 aromatic carbocycles. The number of nitrogens with zero attached hydrogens (tertiary/aromatic N) is 4. The summed E-state index contributed by atoms with van der Waals surface area (Å²) >= 11 is 0. The number of aromatic nitrogens is 4. The number of fused-ring (bicyclic) bond motifs is 2. The molecule has 0 saturated carbocycles. The maximum absolute atomic E-state index is 5.98. The molecule has 5 rings (SSSR count). The fourth-order valence-corrected chi connectivity index (χ4v) is 4.14. The van der Waals surface area contributed by atoms with Crippen molar-refractivity contribution in [2.45, 2.75) is 38.5 Å². The first-order valence-electron chi connectivity index (χ1n) is 10.0. The molecule has 0 radical (unpaired) electrons. The van der Waals surface area contributed by atoms with Crippen molar-refractivity contribution < 1.29 is 4.74 Å². The number of piperidine rings is 1. The number of ether oxygens (including phenoxy) is 1. The Labute approximate surface area is 159 Å². The molecular weight excluding hydrogens is 338 g/mol. The maximum atomic E-state index is 5.98. The Hall–Kier alpha value is -2.63. The third-order valence-electron chi connectivity index (χ3n) is 5.81. The van der Waals surface area contributed by atoms with Gasteiger partial charge in [0.1, 0.15) is 0 Å². The molecule has 0 unspecified atom stereocenters. The van der Waals surface area contributed by atoms with Crippen LogP contribution in [0.2, 0.25) is 0 Å². The molecule has 1 aliphatic carbocycles. The Bertz CT molecular complexity index is 896. The van der Waals surface area contributed by atoms with Crippen LogP contribution in [0, 0.1) is 5.92 Å². The smallest absolute Gasteiger partial charge is 0.233 e. The highest BCUT2D eigenvalue weighted by Crippen LogP contribution is 2.25. The van der Waals surface area contributed by atoms with Crippen LogP contribution in [0.3, 0.4) is 0 Å². The lowest BCUT2D eigenvalue weighted by Gasteiger charge is -2.31. The zero-order valence-corrected chi connectivity index (χ0v) is 15.5. The molecule has 1 fully saturated rings. The predicted octanol–water partition coefficient (Wildman–Crippen LogP) is 3.53. The maximum Gasteiger partial charge on any atom is 0.233 e. The summed E-state index contributed by atoms with van der Waals surface area (Å²) in [4.78, 5) is 10.5. The van der Waals surface area contributed by atoms with Gasteiger partial charge in [-0.2, -0.15) is 5.10 Å². The van der Waals surface area contributed by atoms with E-state index in [2.05, 4.69) is 38.3 Å². The number of nitrogens with one attached hydrogen (secondary N) is 1. The second-order valence-electron chi connectivity index (χ2n) is 7.68. The Kier molecular flexibility index (Phi) is 4.40. The second kappa shape index (κ2) is 7.18. The van der Waals surface area contributed by atoms with Crippen molar-refractivity contribution in [3.05, 3.63) is 41.6 Å². The third kappa shape index (κ3) is 3.48. The van der Waals surface area contributed by atoms with Gasteiger partial charge in [-0.15, -0.1) is 5.10 Å². The first-order valence-corrected chi connectivity index (χ1v) is 10.0. The van der Waals surface area contributed by atoms with E-state index in [1.165, 1.54) is 18.4 Å². The van der Waals surface area contributed by atoms with Crippen LogP contribution in [0.15, 0.2) is 30.3 Å². The van der Waals surface area contributed by atoms with E-state index in [0.29, 0.717) is 11.8 Å². The van der Waals surface area contributed by atoms with Gasteiger partial charge in [-0.25, -0.2) is 4.98 Å². The highest BCUT2D eigenvalue weighted by molar-refractivity contribution is 5.77. The molecule has 27 heavy (non-hydrogen) atoms. The monoisotopic (exact) mass is 363 g/mol. The van der Waals surface area contributed by atoms with Gasteiger partial charge in [-0.1, -0.05) is 12.1 Å². The van der Waals surface area contributed by atoms with Gasteiger partial charge in [-0.3, -0.25) is 0 Å². The lowest BCUT2D eigenvalue weighted by Crippen LogP contribution is -2.36. The number of hydrogen-bond acceptors (Lipinski definition) is 5. The van der Waals surface area contributed by atoms with Gasteiger partial charge in [0.15, 0.2) is 0 Å². The molecule has 2 aliphatic rings. The topological polar surface area (TPSA) is 66.9 Å². The number of H-pyrrole nitrogens is 1. The Morgan fingerprint density at radius 1 is 1.07 bits per heavy atom. The van der Waals surface area contributed by atoms with E-state index in [9.17, 15) is 0 Å². The van der Waals surface area contributed by atoms with Crippen LogP contribution >= 0.6 is 0 Å². The van der Waals surface area contributed by atoms with Crippen molar-refractivity contribution in [1.29, 1.82) is 0 Å². The molecular formula is C21H25N5O. The lowest BCUT2D eigenvalue weighted by atomic mass is 9.97. The number of para-hydroxylation sites is 2. The molecule has 6 heteroatoms. The first kappa shape index (κ1) is 16.5. The molecule has 6 nitrogen and oxygen atoms in total. The zero-order valence-electron chi connectivity index (χ0n) is 15.5. The molecule has 0 atom stereocenters.